The third-order valence-electron chi connectivity index (χ3n) is 2.15. The average Bonchev–Trinajstić information content (AvgIpc) is 2.15. The fourth-order valence-corrected chi connectivity index (χ4v) is 2.96. The van der Waals surface area contributed by atoms with Crippen molar-refractivity contribution in [3.05, 3.63) is 33.8 Å². The molecule has 7 heteroatoms. The summed E-state index contributed by atoms with van der Waals surface area (Å²) in [7, 11) is -3.50. The maximum Gasteiger partial charge on any atom is 0.214 e. The van der Waals surface area contributed by atoms with Crippen LogP contribution in [0.15, 0.2) is 18.2 Å². The van der Waals surface area contributed by atoms with Gasteiger partial charge < -0.3 is 5.11 Å². The second kappa shape index (κ2) is 6.02. The lowest BCUT2D eigenvalue weighted by atomic mass is 10.1. The highest BCUT2D eigenvalue weighted by molar-refractivity contribution is 7.89. The fraction of sp³-hybridized carbons (Fsp3) is 0.400. The van der Waals surface area contributed by atoms with Crippen molar-refractivity contribution in [2.24, 2.45) is 0 Å². The maximum absolute atomic E-state index is 11.5. The number of halogens is 2. The summed E-state index contributed by atoms with van der Waals surface area (Å²) in [5.41, 5.74) is 0.637. The molecule has 0 saturated heterocycles. The van der Waals surface area contributed by atoms with Crippen LogP contribution in [0, 0.1) is 0 Å². The summed E-state index contributed by atoms with van der Waals surface area (Å²) in [6.45, 7) is 1.25. The molecule has 4 nitrogen and oxygen atoms in total. The quantitative estimate of drug-likeness (QED) is 0.873. The molecule has 1 unspecified atom stereocenters. The fourth-order valence-electron chi connectivity index (χ4n) is 1.36. The van der Waals surface area contributed by atoms with E-state index in [2.05, 4.69) is 4.72 Å². The van der Waals surface area contributed by atoms with Crippen LogP contribution in [0.3, 0.4) is 0 Å². The van der Waals surface area contributed by atoms with Crippen LogP contribution in [0.2, 0.25) is 10.0 Å². The minimum absolute atomic E-state index is 0.331. The first kappa shape index (κ1) is 14.7. The van der Waals surface area contributed by atoms with E-state index < -0.39 is 22.7 Å². The van der Waals surface area contributed by atoms with Crippen molar-refractivity contribution >= 4 is 33.2 Å². The molecule has 17 heavy (non-hydrogen) atoms. The Balaban J connectivity index is 2.87. The van der Waals surface area contributed by atoms with Gasteiger partial charge in [-0.3, -0.25) is 0 Å². The highest BCUT2D eigenvalue weighted by Gasteiger charge is 2.17. The van der Waals surface area contributed by atoms with Crippen LogP contribution in [0.25, 0.3) is 0 Å². The molecule has 0 bridgehead atoms. The number of sulfonamides is 1. The Kier molecular flexibility index (Phi) is 5.22. The van der Waals surface area contributed by atoms with Crippen molar-refractivity contribution in [3.63, 3.8) is 0 Å². The van der Waals surface area contributed by atoms with Crippen molar-refractivity contribution < 1.29 is 13.5 Å². The molecule has 0 aliphatic carbocycles. The van der Waals surface area contributed by atoms with Gasteiger partial charge >= 0.3 is 0 Å². The molecule has 0 spiro atoms. The number of aliphatic hydroxyl groups excluding tert-OH is 1. The first-order valence-electron chi connectivity index (χ1n) is 4.91. The van der Waals surface area contributed by atoms with Gasteiger partial charge in [-0.05, 0) is 24.6 Å². The molecule has 0 radical (unpaired) electrons. The van der Waals surface area contributed by atoms with Crippen LogP contribution in [0.4, 0.5) is 0 Å². The van der Waals surface area contributed by atoms with Gasteiger partial charge in [0.2, 0.25) is 10.0 Å². The number of hydrogen-bond acceptors (Lipinski definition) is 3. The molecule has 0 aromatic heterocycles. The van der Waals surface area contributed by atoms with Gasteiger partial charge in [-0.15, -0.1) is 0 Å². The summed E-state index contributed by atoms with van der Waals surface area (Å²) in [6.07, 6.45) is 0. The number of nitrogens with one attached hydrogen (secondary N) is 1. The minimum Gasteiger partial charge on any atom is -0.395 e. The van der Waals surface area contributed by atoms with Crippen LogP contribution in [-0.2, 0) is 10.0 Å². The standard InChI is InChI=1S/C10H13Cl2NO3S/c1-7(13-17(15,16)5-4-14)9-3-2-8(11)6-10(9)12/h2-3,6-7,13-14H,4-5H2,1H3. The van der Waals surface area contributed by atoms with Crippen LogP contribution in [-0.4, -0.2) is 25.9 Å². The van der Waals surface area contributed by atoms with Crippen molar-refractivity contribution in [1.29, 1.82) is 0 Å². The molecule has 1 aromatic rings. The zero-order chi connectivity index (χ0) is 13.1. The molecular weight excluding hydrogens is 285 g/mol. The van der Waals surface area contributed by atoms with E-state index in [4.69, 9.17) is 28.3 Å². The molecule has 1 rings (SSSR count). The van der Waals surface area contributed by atoms with Gasteiger partial charge in [0.25, 0.3) is 0 Å². The van der Waals surface area contributed by atoms with Crippen molar-refractivity contribution in [2.45, 2.75) is 13.0 Å². The molecule has 0 aliphatic heterocycles. The normalized spacial score (nSPS) is 13.6. The Morgan fingerprint density at radius 1 is 1.41 bits per heavy atom. The molecule has 0 saturated carbocycles. The van der Waals surface area contributed by atoms with Crippen molar-refractivity contribution in [1.82, 2.24) is 4.72 Å². The largest absolute Gasteiger partial charge is 0.395 e. The Hall–Kier alpha value is -0.330. The molecule has 0 amide bonds. The number of aliphatic hydroxyl groups is 1. The monoisotopic (exact) mass is 297 g/mol. The Labute approximate surface area is 111 Å². The summed E-state index contributed by atoms with van der Waals surface area (Å²) in [5, 5.41) is 9.50. The van der Waals surface area contributed by atoms with E-state index in [0.29, 0.717) is 15.6 Å². The number of hydrogen-bond donors (Lipinski definition) is 2. The highest BCUT2D eigenvalue weighted by Crippen LogP contribution is 2.26. The smallest absolute Gasteiger partial charge is 0.214 e. The third-order valence-corrected chi connectivity index (χ3v) is 4.14. The van der Waals surface area contributed by atoms with Crippen LogP contribution in [0.1, 0.15) is 18.5 Å². The van der Waals surface area contributed by atoms with Crippen molar-refractivity contribution in [2.75, 3.05) is 12.4 Å². The van der Waals surface area contributed by atoms with E-state index in [9.17, 15) is 8.42 Å². The van der Waals surface area contributed by atoms with Gasteiger partial charge in [-0.25, -0.2) is 13.1 Å². The highest BCUT2D eigenvalue weighted by atomic mass is 35.5. The number of rotatable bonds is 5. The zero-order valence-electron chi connectivity index (χ0n) is 9.15. The van der Waals surface area contributed by atoms with E-state index in [1.165, 1.54) is 0 Å². The van der Waals surface area contributed by atoms with Gasteiger partial charge in [0, 0.05) is 16.1 Å². The van der Waals surface area contributed by atoms with E-state index in [1.807, 2.05) is 0 Å². The second-order valence-corrected chi connectivity index (χ2v) is 6.26. The van der Waals surface area contributed by atoms with Crippen LogP contribution in [0.5, 0.6) is 0 Å². The molecule has 0 heterocycles. The minimum atomic E-state index is -3.50. The molecule has 1 aromatic carbocycles. The summed E-state index contributed by atoms with van der Waals surface area (Å²) >= 11 is 11.7. The Bertz CT molecular complexity index is 490. The zero-order valence-corrected chi connectivity index (χ0v) is 11.5. The van der Waals surface area contributed by atoms with Gasteiger partial charge in [0.05, 0.1) is 12.4 Å². The van der Waals surface area contributed by atoms with E-state index >= 15 is 0 Å². The molecule has 2 N–H and O–H groups in total. The van der Waals surface area contributed by atoms with E-state index in [0.717, 1.165) is 0 Å². The third kappa shape index (κ3) is 4.44. The van der Waals surface area contributed by atoms with Gasteiger partial charge in [-0.2, -0.15) is 0 Å². The summed E-state index contributed by atoms with van der Waals surface area (Å²) < 4.78 is 25.3. The van der Waals surface area contributed by atoms with Crippen LogP contribution >= 0.6 is 23.2 Å². The van der Waals surface area contributed by atoms with E-state index in [-0.39, 0.29) is 5.75 Å². The van der Waals surface area contributed by atoms with Gasteiger partial charge in [-0.1, -0.05) is 29.3 Å². The SMILES string of the molecule is CC(NS(=O)(=O)CCO)c1ccc(Cl)cc1Cl. The van der Waals surface area contributed by atoms with E-state index in [1.54, 1.807) is 25.1 Å². The summed E-state index contributed by atoms with van der Waals surface area (Å²) in [4.78, 5) is 0. The molecule has 1 atom stereocenters. The molecule has 96 valence electrons. The molecular formula is C10H13Cl2NO3S. The predicted molar refractivity (Wildman–Crippen MR) is 68.9 cm³/mol. The van der Waals surface area contributed by atoms with Gasteiger partial charge in [0.15, 0.2) is 0 Å². The lowest BCUT2D eigenvalue weighted by Gasteiger charge is -2.15. The van der Waals surface area contributed by atoms with Gasteiger partial charge in [0.1, 0.15) is 0 Å². The van der Waals surface area contributed by atoms with Crippen LogP contribution < -0.4 is 4.72 Å². The first-order chi connectivity index (χ1) is 7.85. The second-order valence-electron chi connectivity index (χ2n) is 3.55. The summed E-state index contributed by atoms with van der Waals surface area (Å²) in [6, 6.07) is 4.38. The predicted octanol–water partition coefficient (Wildman–Crippen LogP) is 1.97. The Morgan fingerprint density at radius 3 is 2.59 bits per heavy atom. The topological polar surface area (TPSA) is 66.4 Å². The average molecular weight is 298 g/mol. The molecule has 0 fully saturated rings. The lowest BCUT2D eigenvalue weighted by molar-refractivity contribution is 0.319. The lowest BCUT2D eigenvalue weighted by Crippen LogP contribution is -2.30. The van der Waals surface area contributed by atoms with Crippen molar-refractivity contribution in [3.8, 4) is 0 Å². The Morgan fingerprint density at radius 2 is 2.06 bits per heavy atom. The molecule has 0 aliphatic rings. The first-order valence-corrected chi connectivity index (χ1v) is 7.32. The summed E-state index contributed by atoms with van der Waals surface area (Å²) in [5.74, 6) is -0.331. The number of benzene rings is 1. The maximum atomic E-state index is 11.5.